The number of nitrogens with one attached hydrogen (secondary N) is 2. The van der Waals surface area contributed by atoms with E-state index in [0.29, 0.717) is 0 Å². The van der Waals surface area contributed by atoms with Crippen molar-refractivity contribution in [2.24, 2.45) is 0 Å². The molecule has 0 bridgehead atoms. The van der Waals surface area contributed by atoms with E-state index in [1.807, 2.05) is 0 Å². The number of carboxylic acids is 2. The Kier molecular flexibility index (Phi) is 9.82. The summed E-state index contributed by atoms with van der Waals surface area (Å²) in [5, 5.41) is 35.1. The van der Waals surface area contributed by atoms with Crippen molar-refractivity contribution in [1.82, 2.24) is 0 Å². The van der Waals surface area contributed by atoms with E-state index in [2.05, 4.69) is 10.6 Å². The third-order valence-electron chi connectivity index (χ3n) is 10.1. The van der Waals surface area contributed by atoms with Gasteiger partial charge in [-0.2, -0.15) is 0 Å². The van der Waals surface area contributed by atoms with Crippen LogP contribution in [0.2, 0.25) is 0 Å². The van der Waals surface area contributed by atoms with Crippen LogP contribution >= 0.6 is 0 Å². The number of aliphatic hydroxyl groups excluding tert-OH is 1. The average molecular weight is 837 g/mol. The quantitative estimate of drug-likeness (QED) is 0.102. The summed E-state index contributed by atoms with van der Waals surface area (Å²) in [4.78, 5) is 90.9. The molecule has 0 fully saturated rings. The van der Waals surface area contributed by atoms with Crippen LogP contribution in [0.5, 0.6) is 0 Å². The molecule has 5 N–H and O–H groups in total. The van der Waals surface area contributed by atoms with Crippen molar-refractivity contribution in [3.8, 4) is 0 Å². The molecule has 0 saturated carbocycles. The molecule has 6 aromatic carbocycles. The van der Waals surface area contributed by atoms with E-state index >= 15 is 0 Å². The van der Waals surface area contributed by atoms with Crippen LogP contribution in [0.4, 0.5) is 22.7 Å². The second-order valence-electron chi connectivity index (χ2n) is 13.7. The van der Waals surface area contributed by atoms with Crippen molar-refractivity contribution in [2.45, 2.75) is 16.0 Å². The Morgan fingerprint density at radius 3 is 1.51 bits per heavy atom. The minimum atomic E-state index is -4.20. The van der Waals surface area contributed by atoms with Gasteiger partial charge in [-0.25, -0.2) is 22.9 Å². The van der Waals surface area contributed by atoms with Crippen molar-refractivity contribution < 1.29 is 57.3 Å². The number of imide groups is 1. The van der Waals surface area contributed by atoms with Crippen molar-refractivity contribution in [1.29, 1.82) is 0 Å². The Hall–Kier alpha value is -8.28. The van der Waals surface area contributed by atoms with Crippen LogP contribution in [-0.4, -0.2) is 65.2 Å². The number of aromatic carboxylic acids is 2. The van der Waals surface area contributed by atoms with Gasteiger partial charge in [0, 0.05) is 27.9 Å². The second kappa shape index (κ2) is 15.1. The minimum absolute atomic E-state index is 0.000880. The Bertz CT molecular complexity index is 3020. The third-order valence-corrected chi connectivity index (χ3v) is 11.9. The molecule has 16 nitrogen and oxygen atoms in total. The van der Waals surface area contributed by atoms with Gasteiger partial charge in [0.05, 0.1) is 49.1 Å². The smallest absolute Gasteiger partial charge is 0.337 e. The first kappa shape index (κ1) is 39.5. The summed E-state index contributed by atoms with van der Waals surface area (Å²) in [7, 11) is -4.20. The monoisotopic (exact) mass is 836 g/mol. The number of hydrogen-bond donors (Lipinski definition) is 5. The minimum Gasteiger partial charge on any atom is -0.478 e. The molecule has 8 rings (SSSR count). The lowest BCUT2D eigenvalue weighted by Gasteiger charge is -2.21. The molecule has 2 heterocycles. The highest BCUT2D eigenvalue weighted by molar-refractivity contribution is 7.91. The number of aliphatic hydroxyl groups is 1. The number of nitrogens with zero attached hydrogens (tertiary/aromatic N) is 2. The van der Waals surface area contributed by atoms with Crippen LogP contribution < -0.4 is 20.4 Å². The molecule has 5 amide bonds. The van der Waals surface area contributed by atoms with Gasteiger partial charge >= 0.3 is 11.9 Å². The summed E-state index contributed by atoms with van der Waals surface area (Å²) in [5.74, 6) is -6.00. The zero-order valence-corrected chi connectivity index (χ0v) is 31.9. The number of carboxylic acid groups (broad SMARTS) is 2. The number of benzene rings is 6. The summed E-state index contributed by atoms with van der Waals surface area (Å²) in [6.45, 7) is 0. The van der Waals surface area contributed by atoms with Crippen LogP contribution in [0.25, 0.3) is 0 Å². The van der Waals surface area contributed by atoms with Gasteiger partial charge in [0.25, 0.3) is 29.5 Å². The summed E-state index contributed by atoms with van der Waals surface area (Å²) < 4.78 is 27.4. The SMILES string of the molecule is O=C(Nc1ccccc1C(=O)O)c1ccc2c(c1)C(=O)N(c1ccc(S(=O)(=O)c3ccc(N4C(=O)c5ccc(C(=O)Nc6ccccc6C(=O)O)cc5C4O)cc3)cc1)C2=O. The fourth-order valence-corrected chi connectivity index (χ4v) is 8.27. The van der Waals surface area contributed by atoms with E-state index in [1.54, 1.807) is 12.1 Å². The zero-order valence-electron chi connectivity index (χ0n) is 31.1. The number of amides is 5. The van der Waals surface area contributed by atoms with Gasteiger partial charge in [-0.05, 0) is 109 Å². The van der Waals surface area contributed by atoms with Crippen LogP contribution in [0, 0.1) is 0 Å². The molecule has 1 atom stereocenters. The van der Waals surface area contributed by atoms with Gasteiger partial charge in [-0.15, -0.1) is 0 Å². The molecular formula is C44H28N4O12S. The molecule has 17 heteroatoms. The van der Waals surface area contributed by atoms with Crippen LogP contribution in [0.3, 0.4) is 0 Å². The van der Waals surface area contributed by atoms with Crippen molar-refractivity contribution in [2.75, 3.05) is 20.4 Å². The van der Waals surface area contributed by atoms with Gasteiger partial charge in [-0.3, -0.25) is 28.9 Å². The molecule has 2 aliphatic heterocycles. The molecule has 1 unspecified atom stereocenters. The summed E-state index contributed by atoms with van der Waals surface area (Å²) in [6.07, 6.45) is -1.55. The van der Waals surface area contributed by atoms with E-state index in [4.69, 9.17) is 0 Å². The summed E-state index contributed by atoms with van der Waals surface area (Å²) >= 11 is 0. The van der Waals surface area contributed by atoms with Crippen LogP contribution in [0.1, 0.15) is 84.3 Å². The maximum Gasteiger partial charge on any atom is 0.337 e. The number of fused-ring (bicyclic) bond motifs is 2. The fourth-order valence-electron chi connectivity index (χ4n) is 7.01. The molecule has 2 aliphatic rings. The highest BCUT2D eigenvalue weighted by Gasteiger charge is 2.39. The van der Waals surface area contributed by atoms with E-state index in [9.17, 15) is 57.3 Å². The summed E-state index contributed by atoms with van der Waals surface area (Å²) in [5.41, 5.74) is 0.130. The molecule has 0 saturated heterocycles. The molecule has 302 valence electrons. The largest absolute Gasteiger partial charge is 0.478 e. The topological polar surface area (TPSA) is 245 Å². The maximum absolute atomic E-state index is 13.7. The number of para-hydroxylation sites is 2. The van der Waals surface area contributed by atoms with Crippen molar-refractivity contribution in [3.63, 3.8) is 0 Å². The van der Waals surface area contributed by atoms with E-state index < -0.39 is 57.5 Å². The number of rotatable bonds is 10. The lowest BCUT2D eigenvalue weighted by Crippen LogP contribution is -2.29. The number of hydrogen-bond acceptors (Lipinski definition) is 10. The van der Waals surface area contributed by atoms with Crippen molar-refractivity contribution >= 4 is 74.1 Å². The van der Waals surface area contributed by atoms with Crippen LogP contribution in [-0.2, 0) is 9.84 Å². The van der Waals surface area contributed by atoms with E-state index in [1.165, 1.54) is 121 Å². The Morgan fingerprint density at radius 2 is 0.984 bits per heavy atom. The van der Waals surface area contributed by atoms with E-state index in [0.717, 1.165) is 9.80 Å². The highest BCUT2D eigenvalue weighted by atomic mass is 32.2. The number of carbonyl (C=O) groups is 7. The third kappa shape index (κ3) is 6.94. The lowest BCUT2D eigenvalue weighted by atomic mass is 10.0. The molecule has 0 spiro atoms. The van der Waals surface area contributed by atoms with Crippen LogP contribution in [0.15, 0.2) is 143 Å². The first-order valence-corrected chi connectivity index (χ1v) is 19.5. The maximum atomic E-state index is 13.7. The lowest BCUT2D eigenvalue weighted by molar-refractivity contribution is 0.0687. The highest BCUT2D eigenvalue weighted by Crippen LogP contribution is 2.38. The molecule has 61 heavy (non-hydrogen) atoms. The van der Waals surface area contributed by atoms with Gasteiger partial charge < -0.3 is 26.0 Å². The molecular weight excluding hydrogens is 809 g/mol. The molecule has 6 aromatic rings. The molecule has 0 radical (unpaired) electrons. The predicted molar refractivity (Wildman–Crippen MR) is 217 cm³/mol. The fraction of sp³-hybridized carbons (Fsp3) is 0.0227. The standard InChI is InChI=1S/C44H28N4O12S/c49-37(45-35-7-3-1-5-31(35)43(55)56)23-9-19-29-33(21-23)41(53)47(39(29)51)25-11-15-27(16-12-25)61(59,60)28-17-13-26(14-18-28)48-40(52)30-20-10-24(22-34(30)42(48)54)38(50)46-36-8-4-2-6-32(36)44(57)58/h1-22,41,53H,(H,45,49)(H,46,50)(H,55,56)(H,57,58). The molecule has 0 aliphatic carbocycles. The Labute approximate surface area is 344 Å². The summed E-state index contributed by atoms with van der Waals surface area (Å²) in [6, 6.07) is 29.5. The van der Waals surface area contributed by atoms with Gasteiger partial charge in [0.1, 0.15) is 0 Å². The van der Waals surface area contributed by atoms with Crippen molar-refractivity contribution in [3.05, 3.63) is 178 Å². The van der Waals surface area contributed by atoms with Gasteiger partial charge in [0.15, 0.2) is 6.23 Å². The Morgan fingerprint density at radius 1 is 0.525 bits per heavy atom. The van der Waals surface area contributed by atoms with Gasteiger partial charge in [0.2, 0.25) is 9.84 Å². The number of carbonyl (C=O) groups excluding carboxylic acids is 5. The Balaban J connectivity index is 0.961. The zero-order chi connectivity index (χ0) is 43.3. The predicted octanol–water partition coefficient (Wildman–Crippen LogP) is 5.87. The first-order valence-electron chi connectivity index (χ1n) is 18.1. The van der Waals surface area contributed by atoms with Gasteiger partial charge in [-0.1, -0.05) is 24.3 Å². The normalized spacial score (nSPS) is 14.4. The molecule has 0 aromatic heterocycles. The number of anilines is 4. The average Bonchev–Trinajstić information content (AvgIpc) is 3.66. The van der Waals surface area contributed by atoms with E-state index in [-0.39, 0.29) is 77.0 Å². The number of sulfone groups is 1. The second-order valence-corrected chi connectivity index (χ2v) is 15.6. The first-order chi connectivity index (χ1) is 29.1.